The van der Waals surface area contributed by atoms with Crippen molar-refractivity contribution in [3.05, 3.63) is 35.9 Å². The zero-order valence-corrected chi connectivity index (χ0v) is 14.2. The minimum atomic E-state index is -3.13. The van der Waals surface area contributed by atoms with Crippen molar-refractivity contribution in [1.82, 2.24) is 4.31 Å². The average molecular weight is 325 g/mol. The lowest BCUT2D eigenvalue weighted by Crippen LogP contribution is -2.42. The van der Waals surface area contributed by atoms with Gasteiger partial charge in [-0.25, -0.2) is 12.7 Å². The summed E-state index contributed by atoms with van der Waals surface area (Å²) in [5, 5.41) is 0. The molecule has 1 heterocycles. The van der Waals surface area contributed by atoms with Gasteiger partial charge in [-0.3, -0.25) is 0 Å². The highest BCUT2D eigenvalue weighted by molar-refractivity contribution is 7.89. The van der Waals surface area contributed by atoms with Gasteiger partial charge in [-0.1, -0.05) is 30.3 Å². The predicted octanol–water partition coefficient (Wildman–Crippen LogP) is 2.70. The van der Waals surface area contributed by atoms with E-state index in [9.17, 15) is 8.42 Å². The molecule has 1 atom stereocenters. The molecule has 0 bridgehead atoms. The normalized spacial score (nSPS) is 20.1. The Labute approximate surface area is 134 Å². The van der Waals surface area contributed by atoms with E-state index >= 15 is 0 Å². The van der Waals surface area contributed by atoms with Gasteiger partial charge in [-0.15, -0.1) is 0 Å². The maximum absolute atomic E-state index is 12.5. The lowest BCUT2D eigenvalue weighted by atomic mass is 10.0. The van der Waals surface area contributed by atoms with Gasteiger partial charge in [-0.2, -0.15) is 0 Å². The van der Waals surface area contributed by atoms with E-state index in [1.807, 2.05) is 37.3 Å². The first kappa shape index (κ1) is 17.4. The molecule has 124 valence electrons. The molecule has 0 radical (unpaired) electrons. The molecular formula is C17H27NO3S. The van der Waals surface area contributed by atoms with E-state index in [1.165, 1.54) is 5.56 Å². The minimum absolute atomic E-state index is 0.239. The van der Waals surface area contributed by atoms with E-state index in [0.717, 1.165) is 19.3 Å². The van der Waals surface area contributed by atoms with Crippen LogP contribution in [-0.4, -0.2) is 44.8 Å². The third-order valence-corrected chi connectivity index (χ3v) is 6.07. The standard InChI is InChI=1S/C17H27NO3S/c1-2-21-15-17-10-6-12-18(14-17)22(19,20)13-7-11-16-8-4-3-5-9-16/h3-5,8-9,17H,2,6-7,10-15H2,1H3. The Bertz CT molecular complexity index is 530. The van der Waals surface area contributed by atoms with Crippen molar-refractivity contribution >= 4 is 10.0 Å². The number of rotatable bonds is 8. The topological polar surface area (TPSA) is 46.6 Å². The third kappa shape index (κ3) is 5.38. The summed E-state index contributed by atoms with van der Waals surface area (Å²) in [5.74, 6) is 0.584. The highest BCUT2D eigenvalue weighted by Gasteiger charge is 2.28. The van der Waals surface area contributed by atoms with E-state index in [1.54, 1.807) is 4.31 Å². The summed E-state index contributed by atoms with van der Waals surface area (Å²) in [6.45, 7) is 4.62. The highest BCUT2D eigenvalue weighted by atomic mass is 32.2. The first-order chi connectivity index (χ1) is 10.6. The predicted molar refractivity (Wildman–Crippen MR) is 89.3 cm³/mol. The van der Waals surface area contributed by atoms with Gasteiger partial charge in [-0.05, 0) is 44.1 Å². The number of piperidine rings is 1. The Balaban J connectivity index is 1.81. The number of nitrogens with zero attached hydrogens (tertiary/aromatic N) is 1. The molecule has 1 fully saturated rings. The summed E-state index contributed by atoms with van der Waals surface area (Å²) in [6.07, 6.45) is 3.50. The molecule has 0 N–H and O–H groups in total. The van der Waals surface area contributed by atoms with Gasteiger partial charge in [0.25, 0.3) is 0 Å². The zero-order valence-electron chi connectivity index (χ0n) is 13.4. The van der Waals surface area contributed by atoms with E-state index in [2.05, 4.69) is 0 Å². The zero-order chi connectivity index (χ0) is 15.8. The van der Waals surface area contributed by atoms with Gasteiger partial charge in [0, 0.05) is 19.7 Å². The number of benzene rings is 1. The van der Waals surface area contributed by atoms with Crippen LogP contribution in [0.15, 0.2) is 30.3 Å². The Morgan fingerprint density at radius 3 is 2.77 bits per heavy atom. The number of ether oxygens (including phenoxy) is 1. The number of sulfonamides is 1. The quantitative estimate of drug-likeness (QED) is 0.738. The van der Waals surface area contributed by atoms with Gasteiger partial charge < -0.3 is 4.74 Å². The fourth-order valence-electron chi connectivity index (χ4n) is 2.93. The van der Waals surface area contributed by atoms with Crippen molar-refractivity contribution in [2.45, 2.75) is 32.6 Å². The summed E-state index contributed by atoms with van der Waals surface area (Å²) < 4.78 is 32.1. The SMILES string of the molecule is CCOCC1CCCN(S(=O)(=O)CCCc2ccccc2)C1. The lowest BCUT2D eigenvalue weighted by Gasteiger charge is -2.31. The van der Waals surface area contributed by atoms with Crippen molar-refractivity contribution in [3.63, 3.8) is 0 Å². The molecule has 1 aliphatic heterocycles. The van der Waals surface area contributed by atoms with Crippen LogP contribution < -0.4 is 0 Å². The number of aryl methyl sites for hydroxylation is 1. The molecule has 1 unspecified atom stereocenters. The first-order valence-electron chi connectivity index (χ1n) is 8.21. The maximum atomic E-state index is 12.5. The fraction of sp³-hybridized carbons (Fsp3) is 0.647. The van der Waals surface area contributed by atoms with E-state index in [0.29, 0.717) is 38.6 Å². The lowest BCUT2D eigenvalue weighted by molar-refractivity contribution is 0.0864. The highest BCUT2D eigenvalue weighted by Crippen LogP contribution is 2.20. The van der Waals surface area contributed by atoms with Crippen LogP contribution in [-0.2, 0) is 21.2 Å². The largest absolute Gasteiger partial charge is 0.381 e. The molecule has 1 aromatic rings. The van der Waals surface area contributed by atoms with E-state index in [4.69, 9.17) is 4.74 Å². The minimum Gasteiger partial charge on any atom is -0.381 e. The molecule has 1 aromatic carbocycles. The Kier molecular flexibility index (Phi) is 6.86. The van der Waals surface area contributed by atoms with Crippen molar-refractivity contribution in [1.29, 1.82) is 0 Å². The molecule has 2 rings (SSSR count). The van der Waals surface area contributed by atoms with Gasteiger partial charge in [0.05, 0.1) is 12.4 Å². The fourth-order valence-corrected chi connectivity index (χ4v) is 4.55. The van der Waals surface area contributed by atoms with Crippen LogP contribution in [0.5, 0.6) is 0 Å². The number of hydrogen-bond acceptors (Lipinski definition) is 3. The second-order valence-corrected chi connectivity index (χ2v) is 8.02. The van der Waals surface area contributed by atoms with Crippen molar-refractivity contribution in [3.8, 4) is 0 Å². The van der Waals surface area contributed by atoms with Crippen molar-refractivity contribution < 1.29 is 13.2 Å². The van der Waals surface area contributed by atoms with Crippen LogP contribution in [0.3, 0.4) is 0 Å². The Morgan fingerprint density at radius 2 is 2.05 bits per heavy atom. The van der Waals surface area contributed by atoms with E-state index in [-0.39, 0.29) is 5.75 Å². The van der Waals surface area contributed by atoms with Gasteiger partial charge in [0.2, 0.25) is 10.0 Å². The molecule has 0 aromatic heterocycles. The summed E-state index contributed by atoms with van der Waals surface area (Å²) in [5.41, 5.74) is 1.20. The van der Waals surface area contributed by atoms with Crippen LogP contribution in [0.2, 0.25) is 0 Å². The second-order valence-electron chi connectivity index (χ2n) is 5.93. The van der Waals surface area contributed by atoms with Gasteiger partial charge in [0.15, 0.2) is 0 Å². The number of hydrogen-bond donors (Lipinski definition) is 0. The summed E-state index contributed by atoms with van der Waals surface area (Å²) >= 11 is 0. The summed E-state index contributed by atoms with van der Waals surface area (Å²) in [4.78, 5) is 0. The molecule has 5 heteroatoms. The second kappa shape index (κ2) is 8.65. The van der Waals surface area contributed by atoms with Gasteiger partial charge >= 0.3 is 0 Å². The monoisotopic (exact) mass is 325 g/mol. The summed E-state index contributed by atoms with van der Waals surface area (Å²) in [7, 11) is -3.13. The molecule has 1 saturated heterocycles. The van der Waals surface area contributed by atoms with Crippen LogP contribution in [0.4, 0.5) is 0 Å². The maximum Gasteiger partial charge on any atom is 0.214 e. The molecule has 1 aliphatic rings. The molecule has 22 heavy (non-hydrogen) atoms. The van der Waals surface area contributed by atoms with Crippen LogP contribution in [0.1, 0.15) is 31.7 Å². The smallest absolute Gasteiger partial charge is 0.214 e. The Morgan fingerprint density at radius 1 is 1.27 bits per heavy atom. The average Bonchev–Trinajstić information content (AvgIpc) is 2.54. The first-order valence-corrected chi connectivity index (χ1v) is 9.82. The third-order valence-electron chi connectivity index (χ3n) is 4.14. The van der Waals surface area contributed by atoms with Crippen molar-refractivity contribution in [2.75, 3.05) is 32.1 Å². The molecule has 0 aliphatic carbocycles. The van der Waals surface area contributed by atoms with Crippen LogP contribution >= 0.6 is 0 Å². The van der Waals surface area contributed by atoms with Crippen LogP contribution in [0.25, 0.3) is 0 Å². The van der Waals surface area contributed by atoms with Crippen molar-refractivity contribution in [2.24, 2.45) is 5.92 Å². The molecule has 0 amide bonds. The molecule has 0 spiro atoms. The van der Waals surface area contributed by atoms with Crippen LogP contribution in [0, 0.1) is 5.92 Å². The molecule has 0 saturated carbocycles. The van der Waals surface area contributed by atoms with Gasteiger partial charge in [0.1, 0.15) is 0 Å². The molecular weight excluding hydrogens is 298 g/mol. The Hall–Kier alpha value is -0.910. The molecule has 4 nitrogen and oxygen atoms in total. The summed E-state index contributed by atoms with van der Waals surface area (Å²) in [6, 6.07) is 10.1. The van der Waals surface area contributed by atoms with E-state index < -0.39 is 10.0 Å².